The molecule has 0 bridgehead atoms. The summed E-state index contributed by atoms with van der Waals surface area (Å²) in [6.07, 6.45) is 1.03. The van der Waals surface area contributed by atoms with Crippen LogP contribution in [-0.4, -0.2) is 29.8 Å². The molecule has 0 unspecified atom stereocenters. The molecule has 0 amide bonds. The van der Waals surface area contributed by atoms with Crippen LogP contribution in [0.5, 0.6) is 0 Å². The molecule has 0 saturated heterocycles. The number of Topliss-reactive ketones (excluding diaryl/α,β-unsaturated/α-hetero) is 1. The summed E-state index contributed by atoms with van der Waals surface area (Å²) < 4.78 is 0. The van der Waals surface area contributed by atoms with Gasteiger partial charge in [0, 0.05) is 11.1 Å². The van der Waals surface area contributed by atoms with Crippen molar-refractivity contribution in [2.75, 3.05) is 13.6 Å². The first-order chi connectivity index (χ1) is 8.69. The largest absolute Gasteiger partial charge is 0.294 e. The van der Waals surface area contributed by atoms with Crippen molar-refractivity contribution in [3.8, 4) is 0 Å². The molecule has 0 fully saturated rings. The molecule has 1 rings (SSSR count). The maximum absolute atomic E-state index is 12.5. The molecule has 0 aliphatic rings. The quantitative estimate of drug-likeness (QED) is 0.749. The van der Waals surface area contributed by atoms with Gasteiger partial charge >= 0.3 is 0 Å². The number of carbonyl (C=O) groups excluding carboxylic acids is 1. The Morgan fingerprint density at radius 2 is 1.63 bits per heavy atom. The Hall–Kier alpha value is -1.15. The Kier molecular flexibility index (Phi) is 4.92. The molecule has 0 aliphatic carbocycles. The Balaban J connectivity index is 2.94. The maximum atomic E-state index is 12.5. The van der Waals surface area contributed by atoms with E-state index in [-0.39, 0.29) is 11.3 Å². The summed E-state index contributed by atoms with van der Waals surface area (Å²) in [5.41, 5.74) is 4.43. The molecular weight excluding hydrogens is 234 g/mol. The Bertz CT molecular complexity index is 474. The van der Waals surface area contributed by atoms with Crippen LogP contribution in [0.2, 0.25) is 0 Å². The summed E-state index contributed by atoms with van der Waals surface area (Å²) in [5, 5.41) is 0. The number of rotatable bonds is 5. The van der Waals surface area contributed by atoms with Crippen LogP contribution in [0.15, 0.2) is 12.1 Å². The molecule has 0 heterocycles. The van der Waals surface area contributed by atoms with Crippen LogP contribution in [0.1, 0.15) is 54.2 Å². The topological polar surface area (TPSA) is 20.3 Å². The van der Waals surface area contributed by atoms with E-state index in [0.29, 0.717) is 6.54 Å². The summed E-state index contributed by atoms with van der Waals surface area (Å²) in [7, 11) is 2.03. The van der Waals surface area contributed by atoms with Gasteiger partial charge in [-0.3, -0.25) is 9.69 Å². The van der Waals surface area contributed by atoms with Gasteiger partial charge in [-0.25, -0.2) is 0 Å². The van der Waals surface area contributed by atoms with E-state index in [4.69, 9.17) is 0 Å². The lowest BCUT2D eigenvalue weighted by Gasteiger charge is -2.34. The lowest BCUT2D eigenvalue weighted by atomic mass is 9.96. The van der Waals surface area contributed by atoms with Gasteiger partial charge < -0.3 is 0 Å². The van der Waals surface area contributed by atoms with Gasteiger partial charge in [0.25, 0.3) is 0 Å². The van der Waals surface area contributed by atoms with Gasteiger partial charge in [0.1, 0.15) is 0 Å². The standard InChI is InChI=1S/C17H27NO/c1-8-17(5,6)18(7)11-16(19)15-10-13(3)12(2)9-14(15)4/h9-10H,8,11H2,1-7H3. The summed E-state index contributed by atoms with van der Waals surface area (Å²) in [6.45, 7) is 13.1. The van der Waals surface area contributed by atoms with Crippen LogP contribution in [0, 0.1) is 20.8 Å². The lowest BCUT2D eigenvalue weighted by molar-refractivity contribution is 0.0846. The highest BCUT2D eigenvalue weighted by Gasteiger charge is 2.24. The first kappa shape index (κ1) is 15.9. The van der Waals surface area contributed by atoms with Crippen LogP contribution in [0.4, 0.5) is 0 Å². The highest BCUT2D eigenvalue weighted by Crippen LogP contribution is 2.19. The molecule has 2 nitrogen and oxygen atoms in total. The minimum atomic E-state index is 0.0588. The fourth-order valence-corrected chi connectivity index (χ4v) is 2.05. The summed E-state index contributed by atoms with van der Waals surface area (Å²) in [4.78, 5) is 14.6. The van der Waals surface area contributed by atoms with Crippen LogP contribution < -0.4 is 0 Å². The fraction of sp³-hybridized carbons (Fsp3) is 0.588. The molecule has 2 heteroatoms. The van der Waals surface area contributed by atoms with Crippen molar-refractivity contribution in [3.63, 3.8) is 0 Å². The van der Waals surface area contributed by atoms with Crippen molar-refractivity contribution in [2.45, 2.75) is 53.5 Å². The molecule has 0 saturated carbocycles. The third-order valence-corrected chi connectivity index (χ3v) is 4.42. The second kappa shape index (κ2) is 5.87. The number of benzene rings is 1. The Morgan fingerprint density at radius 3 is 2.16 bits per heavy atom. The van der Waals surface area contributed by atoms with Crippen molar-refractivity contribution < 1.29 is 4.79 Å². The monoisotopic (exact) mass is 261 g/mol. The van der Waals surface area contributed by atoms with E-state index in [1.165, 1.54) is 11.1 Å². The SMILES string of the molecule is CCC(C)(C)N(C)CC(=O)c1cc(C)c(C)cc1C. The van der Waals surface area contributed by atoms with Gasteiger partial charge in [-0.1, -0.05) is 13.0 Å². The minimum Gasteiger partial charge on any atom is -0.294 e. The Labute approximate surface area is 117 Å². The molecule has 0 aromatic heterocycles. The van der Waals surface area contributed by atoms with Crippen LogP contribution >= 0.6 is 0 Å². The average Bonchev–Trinajstić information content (AvgIpc) is 2.33. The number of hydrogen-bond donors (Lipinski definition) is 0. The van der Waals surface area contributed by atoms with E-state index in [0.717, 1.165) is 17.5 Å². The van der Waals surface area contributed by atoms with Crippen LogP contribution in [0.25, 0.3) is 0 Å². The van der Waals surface area contributed by atoms with E-state index in [9.17, 15) is 4.79 Å². The first-order valence-corrected chi connectivity index (χ1v) is 7.01. The average molecular weight is 261 g/mol. The van der Waals surface area contributed by atoms with E-state index in [2.05, 4.69) is 45.6 Å². The molecule has 1 aromatic carbocycles. The van der Waals surface area contributed by atoms with E-state index in [1.807, 2.05) is 20.0 Å². The fourth-order valence-electron chi connectivity index (χ4n) is 2.05. The predicted molar refractivity (Wildman–Crippen MR) is 82.0 cm³/mol. The van der Waals surface area contributed by atoms with E-state index >= 15 is 0 Å². The van der Waals surface area contributed by atoms with Gasteiger partial charge in [0.15, 0.2) is 5.78 Å². The zero-order valence-corrected chi connectivity index (χ0v) is 13.4. The first-order valence-electron chi connectivity index (χ1n) is 7.01. The molecular formula is C17H27NO. The maximum Gasteiger partial charge on any atom is 0.177 e. The molecule has 0 spiro atoms. The number of aryl methyl sites for hydroxylation is 3. The van der Waals surface area contributed by atoms with Crippen LogP contribution in [0.3, 0.4) is 0 Å². The zero-order chi connectivity index (χ0) is 14.8. The second-order valence-corrected chi connectivity index (χ2v) is 6.20. The number of nitrogens with zero attached hydrogens (tertiary/aromatic N) is 1. The van der Waals surface area contributed by atoms with Gasteiger partial charge in [0.05, 0.1) is 6.54 Å². The van der Waals surface area contributed by atoms with E-state index < -0.39 is 0 Å². The summed E-state index contributed by atoms with van der Waals surface area (Å²) >= 11 is 0. The molecule has 1 aromatic rings. The number of ketones is 1. The smallest absolute Gasteiger partial charge is 0.177 e. The highest BCUT2D eigenvalue weighted by molar-refractivity contribution is 5.99. The molecule has 0 aliphatic heterocycles. The van der Waals surface area contributed by atoms with Crippen molar-refractivity contribution in [2.24, 2.45) is 0 Å². The molecule has 0 radical (unpaired) electrons. The third-order valence-electron chi connectivity index (χ3n) is 4.42. The van der Waals surface area contributed by atoms with Crippen molar-refractivity contribution >= 4 is 5.78 Å². The van der Waals surface area contributed by atoms with Crippen molar-refractivity contribution in [1.82, 2.24) is 4.90 Å². The minimum absolute atomic E-state index is 0.0588. The molecule has 0 atom stereocenters. The van der Waals surface area contributed by atoms with Gasteiger partial charge in [0.2, 0.25) is 0 Å². The Morgan fingerprint density at radius 1 is 1.11 bits per heavy atom. The normalized spacial score (nSPS) is 12.0. The van der Waals surface area contributed by atoms with Crippen LogP contribution in [-0.2, 0) is 0 Å². The zero-order valence-electron chi connectivity index (χ0n) is 13.4. The van der Waals surface area contributed by atoms with Crippen molar-refractivity contribution in [1.29, 1.82) is 0 Å². The summed E-state index contributed by atoms with van der Waals surface area (Å²) in [5.74, 6) is 0.213. The van der Waals surface area contributed by atoms with Gasteiger partial charge in [-0.05, 0) is 70.8 Å². The number of likely N-dealkylation sites (N-methyl/N-ethyl adjacent to an activating group) is 1. The predicted octanol–water partition coefficient (Wildman–Crippen LogP) is 3.91. The molecule has 0 N–H and O–H groups in total. The van der Waals surface area contributed by atoms with Gasteiger partial charge in [-0.15, -0.1) is 0 Å². The van der Waals surface area contributed by atoms with E-state index in [1.54, 1.807) is 0 Å². The highest BCUT2D eigenvalue weighted by atomic mass is 16.1. The summed E-state index contributed by atoms with van der Waals surface area (Å²) in [6, 6.07) is 4.13. The second-order valence-electron chi connectivity index (χ2n) is 6.20. The molecule has 106 valence electrons. The van der Waals surface area contributed by atoms with Gasteiger partial charge in [-0.2, -0.15) is 0 Å². The molecule has 19 heavy (non-hydrogen) atoms. The lowest BCUT2D eigenvalue weighted by Crippen LogP contribution is -2.43. The van der Waals surface area contributed by atoms with Crippen molar-refractivity contribution in [3.05, 3.63) is 34.4 Å². The third kappa shape index (κ3) is 3.66. The number of hydrogen-bond acceptors (Lipinski definition) is 2. The number of carbonyl (C=O) groups is 1.